The maximum Gasteiger partial charge on any atom is 0.230 e. The van der Waals surface area contributed by atoms with Crippen LogP contribution in [0.5, 0.6) is 5.75 Å². The fourth-order valence-electron chi connectivity index (χ4n) is 1.62. The van der Waals surface area contributed by atoms with Crippen molar-refractivity contribution in [3.05, 3.63) is 29.7 Å². The lowest BCUT2D eigenvalue weighted by atomic mass is 10.1. The Bertz CT molecular complexity index is 513. The normalized spacial score (nSPS) is 10.5. The number of para-hydroxylation sites is 1. The van der Waals surface area contributed by atoms with Crippen LogP contribution < -0.4 is 10.5 Å². The van der Waals surface area contributed by atoms with E-state index in [9.17, 15) is 0 Å². The standard InChI is InChI=1S/C13H16N2O2/c1-4-16-12-10(6-5-7-11(12)14)13-15-8(2)9(3)17-13/h5-7H,4,14H2,1-3H3. The summed E-state index contributed by atoms with van der Waals surface area (Å²) in [5, 5.41) is 0. The molecule has 0 spiro atoms. The number of ether oxygens (including phenoxy) is 1. The van der Waals surface area contributed by atoms with Crippen LogP contribution in [0.2, 0.25) is 0 Å². The second-order valence-electron chi connectivity index (χ2n) is 3.82. The van der Waals surface area contributed by atoms with Crippen molar-refractivity contribution in [1.29, 1.82) is 0 Å². The molecule has 4 nitrogen and oxygen atoms in total. The van der Waals surface area contributed by atoms with E-state index >= 15 is 0 Å². The maximum atomic E-state index is 5.90. The van der Waals surface area contributed by atoms with Gasteiger partial charge in [0.15, 0.2) is 5.75 Å². The molecular weight excluding hydrogens is 216 g/mol. The third-order valence-electron chi connectivity index (χ3n) is 2.59. The lowest BCUT2D eigenvalue weighted by molar-refractivity contribution is 0.342. The molecule has 1 aromatic carbocycles. The number of nitrogens with zero attached hydrogens (tertiary/aromatic N) is 1. The van der Waals surface area contributed by atoms with E-state index in [1.807, 2.05) is 32.9 Å². The van der Waals surface area contributed by atoms with E-state index < -0.39 is 0 Å². The minimum atomic E-state index is 0.552. The van der Waals surface area contributed by atoms with Gasteiger partial charge in [-0.15, -0.1) is 0 Å². The van der Waals surface area contributed by atoms with Gasteiger partial charge in [0, 0.05) is 0 Å². The Hall–Kier alpha value is -1.97. The van der Waals surface area contributed by atoms with Gasteiger partial charge in [0.1, 0.15) is 5.76 Å². The van der Waals surface area contributed by atoms with Crippen LogP contribution in [0.4, 0.5) is 5.69 Å². The van der Waals surface area contributed by atoms with Gasteiger partial charge in [-0.2, -0.15) is 0 Å². The summed E-state index contributed by atoms with van der Waals surface area (Å²) in [4.78, 5) is 4.36. The molecule has 0 amide bonds. The average Bonchev–Trinajstić information content (AvgIpc) is 2.62. The Morgan fingerprint density at radius 3 is 2.71 bits per heavy atom. The predicted molar refractivity (Wildman–Crippen MR) is 67.0 cm³/mol. The molecule has 0 fully saturated rings. The van der Waals surface area contributed by atoms with Gasteiger partial charge < -0.3 is 14.9 Å². The zero-order chi connectivity index (χ0) is 12.4. The summed E-state index contributed by atoms with van der Waals surface area (Å²) in [6.07, 6.45) is 0. The molecule has 2 aromatic rings. The highest BCUT2D eigenvalue weighted by Gasteiger charge is 2.15. The number of hydrogen-bond donors (Lipinski definition) is 1. The molecule has 2 N–H and O–H groups in total. The largest absolute Gasteiger partial charge is 0.491 e. The molecule has 0 unspecified atom stereocenters. The van der Waals surface area contributed by atoms with Gasteiger partial charge in [-0.3, -0.25) is 0 Å². The van der Waals surface area contributed by atoms with Gasteiger partial charge in [-0.05, 0) is 32.9 Å². The predicted octanol–water partition coefficient (Wildman–Crippen LogP) is 2.94. The lowest BCUT2D eigenvalue weighted by Crippen LogP contribution is -1.99. The van der Waals surface area contributed by atoms with Crippen LogP contribution in [0.3, 0.4) is 0 Å². The lowest BCUT2D eigenvalue weighted by Gasteiger charge is -2.09. The molecule has 1 aromatic heterocycles. The summed E-state index contributed by atoms with van der Waals surface area (Å²) >= 11 is 0. The molecule has 0 aliphatic heterocycles. The number of benzene rings is 1. The average molecular weight is 232 g/mol. The van der Waals surface area contributed by atoms with Crippen molar-refractivity contribution < 1.29 is 9.15 Å². The van der Waals surface area contributed by atoms with Gasteiger partial charge in [0.2, 0.25) is 5.89 Å². The van der Waals surface area contributed by atoms with Crippen molar-refractivity contribution in [3.8, 4) is 17.2 Å². The highest BCUT2D eigenvalue weighted by molar-refractivity contribution is 5.72. The summed E-state index contributed by atoms with van der Waals surface area (Å²) in [5.74, 6) is 2.00. The zero-order valence-electron chi connectivity index (χ0n) is 10.3. The summed E-state index contributed by atoms with van der Waals surface area (Å²) in [6.45, 7) is 6.27. The molecule has 0 atom stereocenters. The highest BCUT2D eigenvalue weighted by Crippen LogP contribution is 2.35. The van der Waals surface area contributed by atoms with Crippen LogP contribution in [0.1, 0.15) is 18.4 Å². The fraction of sp³-hybridized carbons (Fsp3) is 0.308. The maximum absolute atomic E-state index is 5.90. The van der Waals surface area contributed by atoms with Crippen LogP contribution in [0.25, 0.3) is 11.5 Å². The smallest absolute Gasteiger partial charge is 0.230 e. The number of aromatic nitrogens is 1. The Morgan fingerprint density at radius 1 is 1.35 bits per heavy atom. The van der Waals surface area contributed by atoms with Crippen LogP contribution in [0, 0.1) is 13.8 Å². The van der Waals surface area contributed by atoms with Gasteiger partial charge in [-0.1, -0.05) is 6.07 Å². The number of anilines is 1. The summed E-state index contributed by atoms with van der Waals surface area (Å²) in [7, 11) is 0. The second kappa shape index (κ2) is 4.49. The van der Waals surface area contributed by atoms with Crippen molar-refractivity contribution in [2.45, 2.75) is 20.8 Å². The monoisotopic (exact) mass is 232 g/mol. The van der Waals surface area contributed by atoms with E-state index in [2.05, 4.69) is 4.98 Å². The van der Waals surface area contributed by atoms with Crippen LogP contribution in [0.15, 0.2) is 22.6 Å². The summed E-state index contributed by atoms with van der Waals surface area (Å²) < 4.78 is 11.1. The summed E-state index contributed by atoms with van der Waals surface area (Å²) in [6, 6.07) is 5.56. The SMILES string of the molecule is CCOc1c(N)cccc1-c1nc(C)c(C)o1. The minimum Gasteiger partial charge on any atom is -0.491 e. The van der Waals surface area contributed by atoms with Crippen molar-refractivity contribution in [3.63, 3.8) is 0 Å². The Morgan fingerprint density at radius 2 is 2.12 bits per heavy atom. The number of nitrogen functional groups attached to an aromatic ring is 1. The third-order valence-corrected chi connectivity index (χ3v) is 2.59. The molecule has 1 heterocycles. The minimum absolute atomic E-state index is 0.552. The number of hydrogen-bond acceptors (Lipinski definition) is 4. The molecule has 0 radical (unpaired) electrons. The number of nitrogens with two attached hydrogens (primary N) is 1. The van der Waals surface area contributed by atoms with Crippen molar-refractivity contribution in [1.82, 2.24) is 4.98 Å². The Kier molecular flexibility index (Phi) is 3.04. The van der Waals surface area contributed by atoms with Crippen LogP contribution >= 0.6 is 0 Å². The molecule has 4 heteroatoms. The molecule has 0 saturated heterocycles. The second-order valence-corrected chi connectivity index (χ2v) is 3.82. The highest BCUT2D eigenvalue weighted by atomic mass is 16.5. The first-order chi connectivity index (χ1) is 8.13. The first-order valence-electron chi connectivity index (χ1n) is 5.59. The van der Waals surface area contributed by atoms with E-state index in [-0.39, 0.29) is 0 Å². The molecular formula is C13H16N2O2. The molecule has 0 saturated carbocycles. The van der Waals surface area contributed by atoms with E-state index in [0.717, 1.165) is 17.0 Å². The zero-order valence-corrected chi connectivity index (χ0v) is 10.3. The van der Waals surface area contributed by atoms with Crippen molar-refractivity contribution >= 4 is 5.69 Å². The molecule has 0 aliphatic rings. The van der Waals surface area contributed by atoms with Crippen LogP contribution in [-0.4, -0.2) is 11.6 Å². The van der Waals surface area contributed by atoms with Crippen molar-refractivity contribution in [2.75, 3.05) is 12.3 Å². The van der Waals surface area contributed by atoms with Crippen molar-refractivity contribution in [2.24, 2.45) is 0 Å². The van der Waals surface area contributed by atoms with E-state index in [4.69, 9.17) is 14.9 Å². The third kappa shape index (κ3) is 2.11. The first-order valence-corrected chi connectivity index (χ1v) is 5.59. The number of oxazole rings is 1. The Labute approximate surface area is 100 Å². The van der Waals surface area contributed by atoms with E-state index in [1.165, 1.54) is 0 Å². The fourth-order valence-corrected chi connectivity index (χ4v) is 1.62. The molecule has 90 valence electrons. The van der Waals surface area contributed by atoms with E-state index in [1.54, 1.807) is 6.07 Å². The molecule has 17 heavy (non-hydrogen) atoms. The van der Waals surface area contributed by atoms with Gasteiger partial charge in [0.25, 0.3) is 0 Å². The van der Waals surface area contributed by atoms with E-state index in [0.29, 0.717) is 23.9 Å². The van der Waals surface area contributed by atoms with Gasteiger partial charge >= 0.3 is 0 Å². The first kappa shape index (κ1) is 11.5. The Balaban J connectivity index is 2.54. The van der Waals surface area contributed by atoms with Gasteiger partial charge in [-0.25, -0.2) is 4.98 Å². The van der Waals surface area contributed by atoms with Crippen LogP contribution in [-0.2, 0) is 0 Å². The molecule has 0 bridgehead atoms. The molecule has 2 rings (SSSR count). The molecule has 0 aliphatic carbocycles. The number of rotatable bonds is 3. The quantitative estimate of drug-likeness (QED) is 0.826. The number of aryl methyl sites for hydroxylation is 2. The summed E-state index contributed by atoms with van der Waals surface area (Å²) in [5.41, 5.74) is 8.16. The topological polar surface area (TPSA) is 61.3 Å². The van der Waals surface area contributed by atoms with Gasteiger partial charge in [0.05, 0.1) is 23.6 Å².